The Bertz CT molecular complexity index is 2140. The van der Waals surface area contributed by atoms with Crippen LogP contribution < -0.4 is 0 Å². The number of hydrogen-bond donors (Lipinski definition) is 0. The summed E-state index contributed by atoms with van der Waals surface area (Å²) in [6.45, 7) is 0. The van der Waals surface area contributed by atoms with Gasteiger partial charge in [0.15, 0.2) is 0 Å². The Kier molecular flexibility index (Phi) is 5.76. The van der Waals surface area contributed by atoms with E-state index in [-0.39, 0.29) is 0 Å². The lowest BCUT2D eigenvalue weighted by atomic mass is 9.83. The van der Waals surface area contributed by atoms with Crippen molar-refractivity contribution in [2.24, 2.45) is 0 Å². The van der Waals surface area contributed by atoms with E-state index in [1.165, 1.54) is 114 Å². The Morgan fingerprint density at radius 3 is 1.47 bits per heavy atom. The van der Waals surface area contributed by atoms with Crippen molar-refractivity contribution in [1.82, 2.24) is 0 Å². The summed E-state index contributed by atoms with van der Waals surface area (Å²) in [6, 6.07) is 48.2. The van der Waals surface area contributed by atoms with Gasteiger partial charge in [0.1, 0.15) is 0 Å². The van der Waals surface area contributed by atoms with Gasteiger partial charge >= 0.3 is 0 Å². The summed E-state index contributed by atoms with van der Waals surface area (Å²) in [5.41, 5.74) is 12.6. The zero-order chi connectivity index (χ0) is 28.3. The maximum absolute atomic E-state index is 2.44. The molecule has 43 heavy (non-hydrogen) atoms. The molecule has 0 aromatic heterocycles. The Hall–Kier alpha value is -4.68. The maximum atomic E-state index is 2.44. The highest BCUT2D eigenvalue weighted by Crippen LogP contribution is 2.46. The summed E-state index contributed by atoms with van der Waals surface area (Å²) < 4.78 is 0. The summed E-state index contributed by atoms with van der Waals surface area (Å²) in [5, 5.41) is 7.97. The van der Waals surface area contributed by atoms with Gasteiger partial charge in [0.25, 0.3) is 0 Å². The van der Waals surface area contributed by atoms with Gasteiger partial charge in [-0.15, -0.1) is 0 Å². The largest absolute Gasteiger partial charge is 0.0616 e. The molecule has 1 saturated carbocycles. The summed E-state index contributed by atoms with van der Waals surface area (Å²) in [4.78, 5) is 0. The zero-order valence-corrected chi connectivity index (χ0v) is 24.4. The molecule has 206 valence electrons. The summed E-state index contributed by atoms with van der Waals surface area (Å²) in [7, 11) is 0. The van der Waals surface area contributed by atoms with E-state index in [1.54, 1.807) is 0 Å². The molecule has 0 aliphatic heterocycles. The van der Waals surface area contributed by atoms with Gasteiger partial charge in [-0.3, -0.25) is 0 Å². The molecule has 2 aliphatic rings. The van der Waals surface area contributed by atoms with Gasteiger partial charge in [-0.2, -0.15) is 0 Å². The molecule has 0 atom stereocenters. The Morgan fingerprint density at radius 1 is 0.372 bits per heavy atom. The fourth-order valence-electron chi connectivity index (χ4n) is 8.22. The van der Waals surface area contributed by atoms with Crippen LogP contribution in [0.3, 0.4) is 0 Å². The van der Waals surface area contributed by atoms with Crippen LogP contribution in [0.25, 0.3) is 65.7 Å². The standard InChI is InChI=1S/C43H34/c1-2-10-28(11-3-1)29-20-22-30(23-21-29)32-16-8-18-38-39-19-9-17-33(43(39)27-42(32)38)31-24-25-40-36-14-5-4-12-34(36)35-13-6-7-15-37(35)41(40)26-31/h4-9,12-26,28H,1-3,10-11,27H2. The highest BCUT2D eigenvalue weighted by Gasteiger charge is 2.25. The summed E-state index contributed by atoms with van der Waals surface area (Å²) >= 11 is 0. The van der Waals surface area contributed by atoms with Crippen LogP contribution in [-0.4, -0.2) is 0 Å². The molecule has 9 rings (SSSR count). The first-order chi connectivity index (χ1) is 21.3. The van der Waals surface area contributed by atoms with Crippen LogP contribution in [0.15, 0.2) is 127 Å². The molecule has 1 fully saturated rings. The number of benzene rings is 7. The van der Waals surface area contributed by atoms with Crippen molar-refractivity contribution in [3.05, 3.63) is 144 Å². The molecule has 0 N–H and O–H groups in total. The van der Waals surface area contributed by atoms with Gasteiger partial charge in [-0.25, -0.2) is 0 Å². The van der Waals surface area contributed by atoms with Crippen LogP contribution >= 0.6 is 0 Å². The van der Waals surface area contributed by atoms with Crippen molar-refractivity contribution >= 4 is 32.3 Å². The highest BCUT2D eigenvalue weighted by molar-refractivity contribution is 6.25. The quantitative estimate of drug-likeness (QED) is 0.192. The molecule has 0 radical (unpaired) electrons. The van der Waals surface area contributed by atoms with Crippen LogP contribution in [0.4, 0.5) is 0 Å². The molecule has 0 heteroatoms. The topological polar surface area (TPSA) is 0 Å². The van der Waals surface area contributed by atoms with E-state index in [9.17, 15) is 0 Å². The van der Waals surface area contributed by atoms with Crippen molar-refractivity contribution < 1.29 is 0 Å². The molecule has 7 aromatic rings. The van der Waals surface area contributed by atoms with Crippen LogP contribution in [0, 0.1) is 0 Å². The molecule has 7 aromatic carbocycles. The van der Waals surface area contributed by atoms with Crippen LogP contribution in [0.5, 0.6) is 0 Å². The lowest BCUT2D eigenvalue weighted by Gasteiger charge is -2.22. The zero-order valence-electron chi connectivity index (χ0n) is 24.4. The van der Waals surface area contributed by atoms with Crippen LogP contribution in [0.2, 0.25) is 0 Å². The van der Waals surface area contributed by atoms with E-state index >= 15 is 0 Å². The van der Waals surface area contributed by atoms with E-state index in [0.29, 0.717) is 0 Å². The van der Waals surface area contributed by atoms with Gasteiger partial charge in [0, 0.05) is 0 Å². The molecule has 0 heterocycles. The fourth-order valence-corrected chi connectivity index (χ4v) is 8.22. The van der Waals surface area contributed by atoms with Gasteiger partial charge in [0.05, 0.1) is 0 Å². The molecule has 0 spiro atoms. The molecule has 0 unspecified atom stereocenters. The predicted octanol–water partition coefficient (Wildman–Crippen LogP) is 12.1. The van der Waals surface area contributed by atoms with E-state index < -0.39 is 0 Å². The van der Waals surface area contributed by atoms with Crippen LogP contribution in [-0.2, 0) is 6.42 Å². The van der Waals surface area contributed by atoms with Gasteiger partial charge in [0.2, 0.25) is 0 Å². The summed E-state index contributed by atoms with van der Waals surface area (Å²) in [5.74, 6) is 0.744. The van der Waals surface area contributed by atoms with Gasteiger partial charge < -0.3 is 0 Å². The normalized spacial score (nSPS) is 14.8. The average Bonchev–Trinajstić information content (AvgIpc) is 3.48. The molecule has 0 nitrogen and oxygen atoms in total. The van der Waals surface area contributed by atoms with Crippen molar-refractivity contribution in [3.8, 4) is 33.4 Å². The number of fused-ring (bicyclic) bond motifs is 9. The van der Waals surface area contributed by atoms with E-state index in [2.05, 4.69) is 127 Å². The molecular formula is C43H34. The minimum absolute atomic E-state index is 0.744. The predicted molar refractivity (Wildman–Crippen MR) is 184 cm³/mol. The fraction of sp³-hybridized carbons (Fsp3) is 0.163. The second-order valence-electron chi connectivity index (χ2n) is 12.6. The third-order valence-corrected chi connectivity index (χ3v) is 10.3. The third-order valence-electron chi connectivity index (χ3n) is 10.3. The van der Waals surface area contributed by atoms with Crippen molar-refractivity contribution in [2.75, 3.05) is 0 Å². The number of hydrogen-bond acceptors (Lipinski definition) is 0. The smallest absolute Gasteiger partial charge is 0.000112 e. The summed E-state index contributed by atoms with van der Waals surface area (Å²) in [6.07, 6.45) is 7.82. The molecule has 2 aliphatic carbocycles. The first-order valence-electron chi connectivity index (χ1n) is 16.0. The molecule has 0 amide bonds. The monoisotopic (exact) mass is 550 g/mol. The van der Waals surface area contributed by atoms with Crippen LogP contribution in [0.1, 0.15) is 54.7 Å². The first-order valence-corrected chi connectivity index (χ1v) is 16.0. The van der Waals surface area contributed by atoms with Gasteiger partial charge in [-0.1, -0.05) is 141 Å². The Labute approximate surface area is 253 Å². The molecule has 0 bridgehead atoms. The van der Waals surface area contributed by atoms with Crippen molar-refractivity contribution in [1.29, 1.82) is 0 Å². The lowest BCUT2D eigenvalue weighted by Crippen LogP contribution is -2.04. The average molecular weight is 551 g/mol. The van der Waals surface area contributed by atoms with E-state index in [1.807, 2.05) is 0 Å². The second kappa shape index (κ2) is 9.96. The van der Waals surface area contributed by atoms with E-state index in [0.717, 1.165) is 12.3 Å². The number of rotatable bonds is 3. The van der Waals surface area contributed by atoms with E-state index in [4.69, 9.17) is 0 Å². The molecule has 0 saturated heterocycles. The first kappa shape index (κ1) is 24.9. The highest BCUT2D eigenvalue weighted by atomic mass is 14.3. The van der Waals surface area contributed by atoms with Crippen molar-refractivity contribution in [3.63, 3.8) is 0 Å². The third kappa shape index (κ3) is 3.97. The van der Waals surface area contributed by atoms with Crippen molar-refractivity contribution in [2.45, 2.75) is 44.4 Å². The minimum atomic E-state index is 0.744. The Morgan fingerprint density at radius 2 is 0.860 bits per heavy atom. The SMILES string of the molecule is c1cc(-c2ccc(C3CCCCC3)cc2)c2c(c1)-c1cccc(-c3ccc4c5ccccc5c5ccccc5c4c3)c1C2. The molecular weight excluding hydrogens is 516 g/mol. The maximum Gasteiger partial charge on any atom is -0.000112 e. The second-order valence-corrected chi connectivity index (χ2v) is 12.6. The minimum Gasteiger partial charge on any atom is -0.0616 e. The Balaban J connectivity index is 1.14. The lowest BCUT2D eigenvalue weighted by molar-refractivity contribution is 0.443. The van der Waals surface area contributed by atoms with Gasteiger partial charge in [-0.05, 0) is 114 Å².